The molecular weight excluding hydrogens is 400 g/mol. The number of ether oxygens (including phenoxy) is 1. The van der Waals surface area contributed by atoms with E-state index < -0.39 is 0 Å². The summed E-state index contributed by atoms with van der Waals surface area (Å²) in [7, 11) is 0. The fourth-order valence-corrected chi connectivity index (χ4v) is 3.06. The normalized spacial score (nSPS) is 10.6. The van der Waals surface area contributed by atoms with E-state index in [2.05, 4.69) is 21.1 Å². The van der Waals surface area contributed by atoms with Gasteiger partial charge in [-0.05, 0) is 30.7 Å². The lowest BCUT2D eigenvalue weighted by molar-refractivity contribution is 0.461. The number of aromatic nitrogens is 4. The maximum Gasteiger partial charge on any atom is 0.225 e. The van der Waals surface area contributed by atoms with Crippen LogP contribution in [-0.4, -0.2) is 19.7 Å². The van der Waals surface area contributed by atoms with Crippen LogP contribution in [0.15, 0.2) is 60.7 Å². The smallest absolute Gasteiger partial charge is 0.225 e. The average Bonchev–Trinajstić information content (AvgIpc) is 3.11. The second-order valence-corrected chi connectivity index (χ2v) is 6.83. The SMILES string of the molecule is CCc1nn(-c2cc(Oc3ccc(Cl)cc3)nc(-c3ccccc3)n2)c(N)c1C#N. The lowest BCUT2D eigenvalue weighted by Gasteiger charge is -2.10. The number of nitrogens with two attached hydrogens (primary N) is 1. The number of aryl methyl sites for hydroxylation is 1. The predicted molar refractivity (Wildman–Crippen MR) is 115 cm³/mol. The number of halogens is 1. The summed E-state index contributed by atoms with van der Waals surface area (Å²) in [5.41, 5.74) is 7.95. The van der Waals surface area contributed by atoms with Crippen molar-refractivity contribution in [1.82, 2.24) is 19.7 Å². The van der Waals surface area contributed by atoms with Crippen molar-refractivity contribution < 1.29 is 4.74 Å². The van der Waals surface area contributed by atoms with Gasteiger partial charge in [0.25, 0.3) is 0 Å². The zero-order chi connectivity index (χ0) is 21.1. The summed E-state index contributed by atoms with van der Waals surface area (Å²) in [5, 5.41) is 14.5. The van der Waals surface area contributed by atoms with Crippen LogP contribution in [0.25, 0.3) is 17.2 Å². The Hall–Kier alpha value is -3.89. The van der Waals surface area contributed by atoms with Crippen molar-refractivity contribution in [2.24, 2.45) is 0 Å². The molecule has 0 saturated carbocycles. The highest BCUT2D eigenvalue weighted by Crippen LogP contribution is 2.28. The summed E-state index contributed by atoms with van der Waals surface area (Å²) in [6, 6.07) is 20.2. The van der Waals surface area contributed by atoms with Crippen LogP contribution in [0.5, 0.6) is 11.6 Å². The number of hydrogen-bond acceptors (Lipinski definition) is 6. The first-order valence-electron chi connectivity index (χ1n) is 9.24. The van der Waals surface area contributed by atoms with Crippen LogP contribution >= 0.6 is 11.6 Å². The topological polar surface area (TPSA) is 103 Å². The number of nitrogen functional groups attached to an aromatic ring is 1. The van der Waals surface area contributed by atoms with Gasteiger partial charge in [-0.3, -0.25) is 0 Å². The van der Waals surface area contributed by atoms with Crippen LogP contribution in [0.3, 0.4) is 0 Å². The predicted octanol–water partition coefficient (Wildman–Crippen LogP) is 4.79. The minimum atomic E-state index is 0.226. The van der Waals surface area contributed by atoms with Gasteiger partial charge < -0.3 is 10.5 Å². The van der Waals surface area contributed by atoms with Crippen molar-refractivity contribution in [2.75, 3.05) is 5.73 Å². The molecule has 0 aliphatic rings. The second-order valence-electron chi connectivity index (χ2n) is 6.39. The van der Waals surface area contributed by atoms with Gasteiger partial charge in [0, 0.05) is 16.7 Å². The minimum Gasteiger partial charge on any atom is -0.439 e. The van der Waals surface area contributed by atoms with Crippen molar-refractivity contribution in [2.45, 2.75) is 13.3 Å². The van der Waals surface area contributed by atoms with Gasteiger partial charge in [0.05, 0.1) is 5.69 Å². The van der Waals surface area contributed by atoms with Crippen molar-refractivity contribution in [3.05, 3.63) is 76.9 Å². The summed E-state index contributed by atoms with van der Waals surface area (Å²) >= 11 is 5.95. The molecule has 4 rings (SSSR count). The van der Waals surface area contributed by atoms with Gasteiger partial charge in [0.1, 0.15) is 23.2 Å². The Morgan fingerprint density at radius 3 is 2.47 bits per heavy atom. The molecule has 0 radical (unpaired) electrons. The summed E-state index contributed by atoms with van der Waals surface area (Å²) < 4.78 is 7.38. The third kappa shape index (κ3) is 3.81. The lowest BCUT2D eigenvalue weighted by atomic mass is 10.2. The zero-order valence-corrected chi connectivity index (χ0v) is 16.8. The highest BCUT2D eigenvalue weighted by molar-refractivity contribution is 6.30. The van der Waals surface area contributed by atoms with Crippen LogP contribution in [0.1, 0.15) is 18.2 Å². The standard InChI is InChI=1S/C22H17ClN6O/c1-2-18-17(13-24)21(25)29(28-18)19-12-20(30-16-10-8-15(23)9-11-16)27-22(26-19)14-6-4-3-5-7-14/h3-12H,2,25H2,1H3. The molecule has 2 aromatic heterocycles. The van der Waals surface area contributed by atoms with Crippen molar-refractivity contribution in [1.29, 1.82) is 5.26 Å². The molecule has 8 heteroatoms. The highest BCUT2D eigenvalue weighted by atomic mass is 35.5. The van der Waals surface area contributed by atoms with Crippen LogP contribution in [0, 0.1) is 11.3 Å². The summed E-state index contributed by atoms with van der Waals surface area (Å²) in [6.45, 7) is 1.91. The molecule has 0 saturated heterocycles. The molecule has 0 aliphatic heterocycles. The van der Waals surface area contributed by atoms with Crippen LogP contribution in [-0.2, 0) is 6.42 Å². The van der Waals surface area contributed by atoms with E-state index in [-0.39, 0.29) is 5.82 Å². The van der Waals surface area contributed by atoms with Gasteiger partial charge in [0.2, 0.25) is 5.88 Å². The molecule has 0 spiro atoms. The van der Waals surface area contributed by atoms with E-state index in [9.17, 15) is 5.26 Å². The van der Waals surface area contributed by atoms with Crippen LogP contribution in [0.4, 0.5) is 5.82 Å². The number of rotatable bonds is 5. The monoisotopic (exact) mass is 416 g/mol. The van der Waals surface area contributed by atoms with E-state index in [0.29, 0.717) is 46.0 Å². The Labute approximate surface area is 178 Å². The molecule has 4 aromatic rings. The number of nitriles is 1. The molecule has 0 bridgehead atoms. The first kappa shape index (κ1) is 19.4. The second kappa shape index (κ2) is 8.23. The fraction of sp³-hybridized carbons (Fsp3) is 0.0909. The molecular formula is C22H17ClN6O. The number of nitrogens with zero attached hydrogens (tertiary/aromatic N) is 5. The number of benzene rings is 2. The van der Waals surface area contributed by atoms with Crippen molar-refractivity contribution in [3.63, 3.8) is 0 Å². The maximum atomic E-state index is 9.44. The van der Waals surface area contributed by atoms with Crippen molar-refractivity contribution in [3.8, 4) is 34.9 Å². The van der Waals surface area contributed by atoms with Gasteiger partial charge in [-0.25, -0.2) is 4.98 Å². The molecule has 0 unspecified atom stereocenters. The Morgan fingerprint density at radius 2 is 1.83 bits per heavy atom. The molecule has 2 aromatic carbocycles. The molecule has 0 aliphatic carbocycles. The molecule has 2 N–H and O–H groups in total. The number of anilines is 1. The summed E-state index contributed by atoms with van der Waals surface area (Å²) in [5.74, 6) is 1.96. The Morgan fingerprint density at radius 1 is 1.10 bits per heavy atom. The van der Waals surface area contributed by atoms with Gasteiger partial charge >= 0.3 is 0 Å². The van der Waals surface area contributed by atoms with E-state index in [4.69, 9.17) is 22.1 Å². The first-order chi connectivity index (χ1) is 14.6. The van der Waals surface area contributed by atoms with E-state index in [0.717, 1.165) is 5.56 Å². The van der Waals surface area contributed by atoms with Gasteiger partial charge in [-0.15, -0.1) is 0 Å². The molecule has 30 heavy (non-hydrogen) atoms. The van der Waals surface area contributed by atoms with Crippen molar-refractivity contribution >= 4 is 17.4 Å². The lowest BCUT2D eigenvalue weighted by Crippen LogP contribution is -2.07. The largest absolute Gasteiger partial charge is 0.439 e. The first-order valence-corrected chi connectivity index (χ1v) is 9.62. The Kier molecular flexibility index (Phi) is 5.33. The van der Waals surface area contributed by atoms with E-state index >= 15 is 0 Å². The molecule has 0 amide bonds. The maximum absolute atomic E-state index is 9.44. The van der Waals surface area contributed by atoms with Crippen LogP contribution < -0.4 is 10.5 Å². The minimum absolute atomic E-state index is 0.226. The molecule has 0 atom stereocenters. The summed E-state index contributed by atoms with van der Waals surface area (Å²) in [6.07, 6.45) is 0.574. The molecule has 2 heterocycles. The number of hydrogen-bond donors (Lipinski definition) is 1. The van der Waals surface area contributed by atoms with Gasteiger partial charge in [-0.1, -0.05) is 48.9 Å². The zero-order valence-electron chi connectivity index (χ0n) is 16.1. The quantitative estimate of drug-likeness (QED) is 0.501. The molecule has 148 valence electrons. The van der Waals surface area contributed by atoms with E-state index in [1.165, 1.54) is 4.68 Å². The third-order valence-corrected chi connectivity index (χ3v) is 4.67. The van der Waals surface area contributed by atoms with Crippen LogP contribution in [0.2, 0.25) is 5.02 Å². The third-order valence-electron chi connectivity index (χ3n) is 4.41. The van der Waals surface area contributed by atoms with E-state index in [1.807, 2.05) is 37.3 Å². The average molecular weight is 417 g/mol. The fourth-order valence-electron chi connectivity index (χ4n) is 2.94. The van der Waals surface area contributed by atoms with Gasteiger partial charge in [0.15, 0.2) is 11.6 Å². The highest BCUT2D eigenvalue weighted by Gasteiger charge is 2.18. The Bertz CT molecular complexity index is 1230. The Balaban J connectivity index is 1.85. The van der Waals surface area contributed by atoms with Gasteiger partial charge in [-0.2, -0.15) is 20.0 Å². The summed E-state index contributed by atoms with van der Waals surface area (Å²) in [4.78, 5) is 9.15. The van der Waals surface area contributed by atoms with E-state index in [1.54, 1.807) is 30.3 Å². The molecule has 0 fully saturated rings. The molecule has 7 nitrogen and oxygen atoms in total.